The van der Waals surface area contributed by atoms with E-state index in [-0.39, 0.29) is 11.5 Å². The number of nitro benzene ring substituents is 1. The molecular weight excluding hydrogens is 210 g/mol. The third kappa shape index (κ3) is 3.05. The highest BCUT2D eigenvalue weighted by Crippen LogP contribution is 2.20. The van der Waals surface area contributed by atoms with E-state index in [0.29, 0.717) is 12.2 Å². The molecule has 0 aromatic heterocycles. The van der Waals surface area contributed by atoms with Gasteiger partial charge in [-0.25, -0.2) is 0 Å². The number of ketones is 1. The second-order valence-corrected chi connectivity index (χ2v) is 3.33. The summed E-state index contributed by atoms with van der Waals surface area (Å²) in [5, 5.41) is 10.5. The number of non-ortho nitro benzene ring substituents is 1. The molecule has 0 radical (unpaired) electrons. The summed E-state index contributed by atoms with van der Waals surface area (Å²) in [7, 11) is 0. The number of rotatable bonds is 5. The Bertz CT molecular complexity index is 403. The second-order valence-electron chi connectivity index (χ2n) is 3.33. The van der Waals surface area contributed by atoms with Gasteiger partial charge in [-0.2, -0.15) is 0 Å². The number of ether oxygens (including phenoxy) is 1. The fourth-order valence-electron chi connectivity index (χ4n) is 1.23. The van der Waals surface area contributed by atoms with Crippen LogP contribution >= 0.6 is 0 Å². The Labute approximate surface area is 93.2 Å². The second kappa shape index (κ2) is 5.25. The number of nitro groups is 1. The van der Waals surface area contributed by atoms with Crippen LogP contribution in [-0.2, 0) is 4.79 Å². The van der Waals surface area contributed by atoms with Gasteiger partial charge in [0.15, 0.2) is 11.9 Å². The van der Waals surface area contributed by atoms with Gasteiger partial charge in [0.2, 0.25) is 0 Å². The van der Waals surface area contributed by atoms with E-state index < -0.39 is 11.0 Å². The van der Waals surface area contributed by atoms with Crippen LogP contribution in [0.1, 0.15) is 20.3 Å². The van der Waals surface area contributed by atoms with Crippen molar-refractivity contribution in [2.45, 2.75) is 26.4 Å². The Morgan fingerprint density at radius 3 is 2.81 bits per heavy atom. The largest absolute Gasteiger partial charge is 0.483 e. The number of carbonyl (C=O) groups is 1. The summed E-state index contributed by atoms with van der Waals surface area (Å²) in [6.07, 6.45) is -0.192. The molecule has 0 heterocycles. The van der Waals surface area contributed by atoms with E-state index in [0.717, 1.165) is 0 Å². The number of nitrogens with zero attached hydrogens (tertiary/aromatic N) is 1. The number of benzene rings is 1. The monoisotopic (exact) mass is 223 g/mol. The molecule has 1 aromatic rings. The summed E-state index contributed by atoms with van der Waals surface area (Å²) < 4.78 is 5.30. The molecule has 1 aromatic carbocycles. The van der Waals surface area contributed by atoms with Gasteiger partial charge >= 0.3 is 0 Å². The molecule has 0 saturated carbocycles. The average Bonchev–Trinajstić information content (AvgIpc) is 2.28. The number of hydrogen-bond donors (Lipinski definition) is 0. The van der Waals surface area contributed by atoms with Crippen molar-refractivity contribution in [3.63, 3.8) is 0 Å². The Morgan fingerprint density at radius 2 is 2.25 bits per heavy atom. The summed E-state index contributed by atoms with van der Waals surface area (Å²) in [5.74, 6) is 0.301. The van der Waals surface area contributed by atoms with Crippen LogP contribution < -0.4 is 4.74 Å². The van der Waals surface area contributed by atoms with E-state index in [4.69, 9.17) is 4.74 Å². The lowest BCUT2D eigenvalue weighted by Gasteiger charge is -2.12. The van der Waals surface area contributed by atoms with Crippen molar-refractivity contribution in [3.05, 3.63) is 34.4 Å². The minimum atomic E-state index is -0.577. The quantitative estimate of drug-likeness (QED) is 0.567. The predicted molar refractivity (Wildman–Crippen MR) is 58.5 cm³/mol. The van der Waals surface area contributed by atoms with Crippen LogP contribution in [0.2, 0.25) is 0 Å². The van der Waals surface area contributed by atoms with Gasteiger partial charge in [-0.1, -0.05) is 13.0 Å². The zero-order chi connectivity index (χ0) is 12.1. The highest BCUT2D eigenvalue weighted by atomic mass is 16.6. The maximum atomic E-state index is 11.3. The van der Waals surface area contributed by atoms with E-state index in [2.05, 4.69) is 0 Å². The molecular formula is C11H13NO4. The van der Waals surface area contributed by atoms with Crippen molar-refractivity contribution >= 4 is 11.5 Å². The molecule has 1 atom stereocenters. The van der Waals surface area contributed by atoms with Crippen molar-refractivity contribution in [1.29, 1.82) is 0 Å². The van der Waals surface area contributed by atoms with Crippen molar-refractivity contribution in [2.24, 2.45) is 0 Å². The lowest BCUT2D eigenvalue weighted by Crippen LogP contribution is -2.22. The summed E-state index contributed by atoms with van der Waals surface area (Å²) in [6.45, 7) is 3.38. The maximum absolute atomic E-state index is 11.3. The van der Waals surface area contributed by atoms with E-state index in [1.807, 2.05) is 0 Å². The number of carbonyl (C=O) groups excluding carboxylic acids is 1. The molecule has 0 amide bonds. The molecule has 0 aliphatic heterocycles. The molecule has 5 heteroatoms. The molecule has 0 aliphatic rings. The Balaban J connectivity index is 2.78. The first-order chi connectivity index (χ1) is 7.54. The third-order valence-corrected chi connectivity index (χ3v) is 2.14. The van der Waals surface area contributed by atoms with Gasteiger partial charge in [-0.3, -0.25) is 14.9 Å². The van der Waals surface area contributed by atoms with Crippen LogP contribution in [0.5, 0.6) is 5.75 Å². The van der Waals surface area contributed by atoms with Crippen LogP contribution in [0.15, 0.2) is 24.3 Å². The minimum Gasteiger partial charge on any atom is -0.483 e. The van der Waals surface area contributed by atoms with Crippen LogP contribution in [-0.4, -0.2) is 16.8 Å². The van der Waals surface area contributed by atoms with Crippen molar-refractivity contribution in [3.8, 4) is 5.75 Å². The first kappa shape index (κ1) is 12.2. The molecule has 86 valence electrons. The van der Waals surface area contributed by atoms with E-state index in [1.54, 1.807) is 19.9 Å². The first-order valence-electron chi connectivity index (χ1n) is 4.98. The van der Waals surface area contributed by atoms with Gasteiger partial charge in [0, 0.05) is 12.5 Å². The zero-order valence-electron chi connectivity index (χ0n) is 9.17. The van der Waals surface area contributed by atoms with Crippen molar-refractivity contribution < 1.29 is 14.5 Å². The molecule has 0 spiro atoms. The van der Waals surface area contributed by atoms with E-state index in [1.165, 1.54) is 18.2 Å². The maximum Gasteiger partial charge on any atom is 0.273 e. The molecule has 0 N–H and O–H groups in total. The highest BCUT2D eigenvalue weighted by Gasteiger charge is 2.13. The van der Waals surface area contributed by atoms with Gasteiger partial charge in [-0.15, -0.1) is 0 Å². The lowest BCUT2D eigenvalue weighted by atomic mass is 10.2. The van der Waals surface area contributed by atoms with E-state index >= 15 is 0 Å². The molecule has 0 fully saturated rings. The number of hydrogen-bond acceptors (Lipinski definition) is 4. The average molecular weight is 223 g/mol. The molecule has 0 bridgehead atoms. The summed E-state index contributed by atoms with van der Waals surface area (Å²) in [4.78, 5) is 21.3. The van der Waals surface area contributed by atoms with Crippen molar-refractivity contribution in [2.75, 3.05) is 0 Å². The number of Topliss-reactive ketones (excluding diaryl/α,β-unsaturated/α-hetero) is 1. The van der Waals surface area contributed by atoms with E-state index in [9.17, 15) is 14.9 Å². The van der Waals surface area contributed by atoms with Crippen LogP contribution in [0, 0.1) is 10.1 Å². The van der Waals surface area contributed by atoms with Gasteiger partial charge in [0.1, 0.15) is 5.75 Å². The smallest absolute Gasteiger partial charge is 0.273 e. The summed E-state index contributed by atoms with van der Waals surface area (Å²) in [5.41, 5.74) is -0.0475. The topological polar surface area (TPSA) is 69.4 Å². The Hall–Kier alpha value is -1.91. The van der Waals surface area contributed by atoms with Gasteiger partial charge in [0.05, 0.1) is 11.0 Å². The molecule has 1 unspecified atom stereocenters. The highest BCUT2D eigenvalue weighted by molar-refractivity contribution is 5.82. The summed E-state index contributed by atoms with van der Waals surface area (Å²) in [6, 6.07) is 5.79. The van der Waals surface area contributed by atoms with Gasteiger partial charge in [0.25, 0.3) is 5.69 Å². The fraction of sp³-hybridized carbons (Fsp3) is 0.364. The predicted octanol–water partition coefficient (Wildman–Crippen LogP) is 2.34. The fourth-order valence-corrected chi connectivity index (χ4v) is 1.23. The molecule has 0 aliphatic carbocycles. The Kier molecular flexibility index (Phi) is 3.99. The SMILES string of the molecule is CCC(=O)C(C)Oc1cccc([N+](=O)[O-])c1. The van der Waals surface area contributed by atoms with Gasteiger partial charge < -0.3 is 4.74 Å². The van der Waals surface area contributed by atoms with Crippen LogP contribution in [0.3, 0.4) is 0 Å². The van der Waals surface area contributed by atoms with Crippen LogP contribution in [0.4, 0.5) is 5.69 Å². The summed E-state index contributed by atoms with van der Waals surface area (Å²) >= 11 is 0. The Morgan fingerprint density at radius 1 is 1.56 bits per heavy atom. The third-order valence-electron chi connectivity index (χ3n) is 2.14. The molecule has 5 nitrogen and oxygen atoms in total. The first-order valence-corrected chi connectivity index (χ1v) is 4.98. The molecule has 16 heavy (non-hydrogen) atoms. The van der Waals surface area contributed by atoms with Crippen LogP contribution in [0.25, 0.3) is 0 Å². The van der Waals surface area contributed by atoms with Crippen molar-refractivity contribution in [1.82, 2.24) is 0 Å². The lowest BCUT2D eigenvalue weighted by molar-refractivity contribution is -0.384. The molecule has 0 saturated heterocycles. The van der Waals surface area contributed by atoms with Gasteiger partial charge in [-0.05, 0) is 13.0 Å². The molecule has 1 rings (SSSR count). The standard InChI is InChI=1S/C11H13NO4/c1-3-11(13)8(2)16-10-6-4-5-9(7-10)12(14)15/h4-8H,3H2,1-2H3. The minimum absolute atomic E-state index is 0.0356. The normalized spacial score (nSPS) is 11.9. The zero-order valence-corrected chi connectivity index (χ0v) is 9.17.